The van der Waals surface area contributed by atoms with Crippen molar-refractivity contribution in [1.82, 2.24) is 30.1 Å². The Hall–Kier alpha value is -9.21. The van der Waals surface area contributed by atoms with Gasteiger partial charge >= 0.3 is 30.6 Å². The maximum atomic E-state index is 12.6. The molecule has 6 aromatic carbocycles. The smallest absolute Gasteiger partial charge is 0.326 e. The number of benzene rings is 6. The molecular formula is C57H57N9O15S3. The van der Waals surface area contributed by atoms with Crippen LogP contribution in [0.1, 0.15) is 79.7 Å². The third kappa shape index (κ3) is 12.7. The van der Waals surface area contributed by atoms with Gasteiger partial charge in [-0.3, -0.25) is 28.8 Å². The Morgan fingerprint density at radius 3 is 1.40 bits per heavy atom. The van der Waals surface area contributed by atoms with Gasteiger partial charge in [0, 0.05) is 24.6 Å². The first-order valence-electron chi connectivity index (χ1n) is 26.6. The largest absolute Gasteiger partial charge is 0.506 e. The van der Waals surface area contributed by atoms with E-state index in [0.717, 1.165) is 71.1 Å². The van der Waals surface area contributed by atoms with Crippen molar-refractivity contribution in [3.8, 4) is 17.2 Å². The Balaban J connectivity index is 0.000000140. The van der Waals surface area contributed by atoms with Crippen molar-refractivity contribution >= 4 is 83.1 Å². The van der Waals surface area contributed by atoms with E-state index in [1.165, 1.54) is 36.4 Å². The van der Waals surface area contributed by atoms with Crippen LogP contribution in [0, 0.1) is 0 Å². The third-order valence-corrected chi connectivity index (χ3v) is 19.1. The van der Waals surface area contributed by atoms with E-state index < -0.39 is 54.3 Å². The summed E-state index contributed by atoms with van der Waals surface area (Å²) < 4.78 is 79.9. The average Bonchev–Trinajstić information content (AvgIpc) is 2.24. The number of carbonyl (C=O) groups excluding carboxylic acids is 6. The summed E-state index contributed by atoms with van der Waals surface area (Å²) in [6.45, 7) is -0.550. The number of aromatic hydroxyl groups is 3. The second-order valence-corrected chi connectivity index (χ2v) is 25.5. The first-order chi connectivity index (χ1) is 40.0. The molecule has 0 spiro atoms. The van der Waals surface area contributed by atoms with Gasteiger partial charge in [0.2, 0.25) is 11.8 Å². The van der Waals surface area contributed by atoms with E-state index in [4.69, 9.17) is 0 Å². The Kier molecular flexibility index (Phi) is 16.3. The minimum atomic E-state index is -4.00. The molecule has 3 atom stereocenters. The van der Waals surface area contributed by atoms with E-state index in [0.29, 0.717) is 49.8 Å². The number of phenols is 3. The van der Waals surface area contributed by atoms with Crippen LogP contribution in [0.2, 0.25) is 0 Å². The summed E-state index contributed by atoms with van der Waals surface area (Å²) in [7, 11) is -12.0. The predicted octanol–water partition coefficient (Wildman–Crippen LogP) is 2.35. The van der Waals surface area contributed by atoms with Crippen molar-refractivity contribution in [1.29, 1.82) is 0 Å². The van der Waals surface area contributed by atoms with Gasteiger partial charge in [-0.25, -0.2) is 27.1 Å². The summed E-state index contributed by atoms with van der Waals surface area (Å²) in [6, 6.07) is 36.6. The molecule has 0 radical (unpaired) electrons. The molecule has 1 unspecified atom stereocenters. The maximum Gasteiger partial charge on any atom is 0.326 e. The van der Waals surface area contributed by atoms with Crippen LogP contribution in [-0.4, -0.2) is 108 Å². The topological polar surface area (TPSA) is 347 Å². The number of hydrogen-bond donors (Lipinski definition) is 9. The summed E-state index contributed by atoms with van der Waals surface area (Å²) in [6.07, 6.45) is 4.69. The molecule has 9 N–H and O–H groups in total. The van der Waals surface area contributed by atoms with Crippen LogP contribution in [0.5, 0.6) is 17.2 Å². The number of nitrogens with one attached hydrogen (secondary N) is 6. The van der Waals surface area contributed by atoms with Gasteiger partial charge in [-0.05, 0) is 132 Å². The molecule has 6 aliphatic rings. The predicted molar refractivity (Wildman–Crippen MR) is 306 cm³/mol. The van der Waals surface area contributed by atoms with Crippen molar-refractivity contribution in [2.45, 2.75) is 69.4 Å². The van der Waals surface area contributed by atoms with Crippen molar-refractivity contribution in [3.63, 3.8) is 0 Å². The zero-order valence-corrected chi connectivity index (χ0v) is 47.1. The van der Waals surface area contributed by atoms with Crippen LogP contribution in [0.15, 0.2) is 127 Å². The molecule has 0 aliphatic carbocycles. The quantitative estimate of drug-likeness (QED) is 0.100. The van der Waals surface area contributed by atoms with Crippen LogP contribution < -0.4 is 43.0 Å². The summed E-state index contributed by atoms with van der Waals surface area (Å²) in [5, 5.41) is 40.0. The molecular weight excluding hydrogens is 1150 g/mol. The first kappa shape index (κ1) is 58.0. The minimum Gasteiger partial charge on any atom is -0.506 e. The molecule has 0 saturated carbocycles. The fraction of sp³-hybridized carbons (Fsp3) is 0.263. The molecule has 84 heavy (non-hydrogen) atoms. The number of phenolic OH excluding ortho intramolecular Hbond substituents is 3. The second-order valence-electron chi connectivity index (χ2n) is 20.7. The summed E-state index contributed by atoms with van der Waals surface area (Å²) in [5.41, 5.74) is 8.18. The highest BCUT2D eigenvalue weighted by atomic mass is 32.2. The molecule has 438 valence electrons. The molecule has 6 aliphatic heterocycles. The summed E-state index contributed by atoms with van der Waals surface area (Å²) in [5.74, 6) is -3.33. The van der Waals surface area contributed by atoms with E-state index >= 15 is 0 Å². The van der Waals surface area contributed by atoms with Crippen LogP contribution in [0.25, 0.3) is 0 Å². The van der Waals surface area contributed by atoms with Gasteiger partial charge in [-0.2, -0.15) is 25.3 Å². The lowest BCUT2D eigenvalue weighted by atomic mass is 9.88. The highest BCUT2D eigenvalue weighted by molar-refractivity contribution is 7.92. The lowest BCUT2D eigenvalue weighted by molar-refractivity contribution is -0.122. The summed E-state index contributed by atoms with van der Waals surface area (Å²) in [4.78, 5) is 71.3. The van der Waals surface area contributed by atoms with Crippen molar-refractivity contribution < 1.29 is 69.3 Å². The van der Waals surface area contributed by atoms with E-state index in [1.54, 1.807) is 24.3 Å². The van der Waals surface area contributed by atoms with E-state index in [2.05, 4.69) is 16.0 Å². The van der Waals surface area contributed by atoms with Crippen molar-refractivity contribution in [2.24, 2.45) is 0 Å². The van der Waals surface area contributed by atoms with E-state index in [1.807, 2.05) is 80.9 Å². The Morgan fingerprint density at radius 1 is 0.452 bits per heavy atom. The fourth-order valence-electron chi connectivity index (χ4n) is 11.0. The first-order valence-corrected chi connectivity index (χ1v) is 30.9. The molecule has 12 rings (SSSR count). The number of aryl methyl sites for hydroxylation is 2. The standard InChI is InChI=1S/3C19H19N3O5S/c23-17-10-12(5-8-16(17)22-11-18(24)21-28(22,26)27)9-14-7-6-13-3-1-2-4-15(13)19(25)20-14;23-17-10-12(5-7-16(17)22-11-19(25)21-28(22,26)27)9-15-14-4-2-1-3-13(14)6-8-18(24)20-15;23-17-10-12(5-6-16(17)22-11-18(24)21-28(22,26)27)9-15-14-4-2-1-3-13(14)7-8-20-19(15)25/h1-5,8,10,14,23H,6-7,9,11H2,(H,20,25)(H,21,24);1-5,7,10,15,23H,6,8-9,11H2,(H,20,24)(H,21,25);1-6,10,15,23H,7-9,11H2,(H,20,25)(H,21,24)/t;2*15-/m.11/s1. The normalized spacial score (nSPS) is 20.9. The van der Waals surface area contributed by atoms with Gasteiger partial charge in [0.05, 0.1) is 29.0 Å². The van der Waals surface area contributed by atoms with Crippen LogP contribution >= 0.6 is 0 Å². The Labute approximate surface area is 483 Å². The van der Waals surface area contributed by atoms with Gasteiger partial charge in [0.25, 0.3) is 23.6 Å². The Bertz CT molecular complexity index is 4010. The molecule has 6 amide bonds. The van der Waals surface area contributed by atoms with Gasteiger partial charge in [0.1, 0.15) is 36.9 Å². The maximum absolute atomic E-state index is 12.6. The molecule has 0 bridgehead atoms. The molecule has 24 nitrogen and oxygen atoms in total. The monoisotopic (exact) mass is 1200 g/mol. The fourth-order valence-corrected chi connectivity index (χ4v) is 14.5. The van der Waals surface area contributed by atoms with Crippen LogP contribution in [0.4, 0.5) is 17.1 Å². The molecule has 6 heterocycles. The zero-order chi connectivity index (χ0) is 59.7. The second kappa shape index (κ2) is 23.6. The Morgan fingerprint density at radius 2 is 0.905 bits per heavy atom. The lowest BCUT2D eigenvalue weighted by Crippen LogP contribution is -2.35. The molecule has 6 aromatic rings. The molecule has 3 fully saturated rings. The van der Waals surface area contributed by atoms with Crippen LogP contribution in [-0.2, 0) is 93.1 Å². The zero-order valence-electron chi connectivity index (χ0n) is 44.6. The van der Waals surface area contributed by atoms with Gasteiger partial charge in [-0.1, -0.05) is 84.9 Å². The number of amides is 6. The molecule has 27 heteroatoms. The number of fused-ring (bicyclic) bond motifs is 3. The number of anilines is 3. The lowest BCUT2D eigenvalue weighted by Gasteiger charge is -2.20. The highest BCUT2D eigenvalue weighted by Crippen LogP contribution is 2.37. The highest BCUT2D eigenvalue weighted by Gasteiger charge is 2.38. The number of rotatable bonds is 9. The average molecular weight is 1200 g/mol. The third-order valence-electron chi connectivity index (χ3n) is 14.9. The SMILES string of the molecule is O=C1CCc2ccccc2[C@@H](Cc2ccc(N3CC(=O)NS3(=O)=O)c(O)c2)N1.O=C1CN(c2ccc(CC3CCc4ccccc4C(=O)N3)cc2O)S(=O)(=O)N1.O=C1CN(c2ccc(C[C@H]3C(=O)NCCc4ccccc43)cc2O)S(=O)(=O)N1. The van der Waals surface area contributed by atoms with Gasteiger partial charge in [-0.15, -0.1) is 0 Å². The van der Waals surface area contributed by atoms with Crippen molar-refractivity contribution in [3.05, 3.63) is 177 Å². The summed E-state index contributed by atoms with van der Waals surface area (Å²) >= 11 is 0. The van der Waals surface area contributed by atoms with Gasteiger partial charge in [0.15, 0.2) is 0 Å². The van der Waals surface area contributed by atoms with Gasteiger partial charge < -0.3 is 31.3 Å². The van der Waals surface area contributed by atoms with E-state index in [9.17, 15) is 69.3 Å². The van der Waals surface area contributed by atoms with E-state index in [-0.39, 0.29) is 83.8 Å². The molecule has 3 saturated heterocycles. The number of carbonyl (C=O) groups is 6. The van der Waals surface area contributed by atoms with Crippen LogP contribution in [0.3, 0.4) is 0 Å². The molecule has 0 aromatic heterocycles. The van der Waals surface area contributed by atoms with Crippen molar-refractivity contribution in [2.75, 3.05) is 39.1 Å². The number of hydrogen-bond acceptors (Lipinski definition) is 15. The number of nitrogens with zero attached hydrogens (tertiary/aromatic N) is 3. The minimum absolute atomic E-state index is 0.0211.